The summed E-state index contributed by atoms with van der Waals surface area (Å²) in [7, 11) is 0. The molecule has 1 N–H and O–H groups in total. The van der Waals surface area contributed by atoms with E-state index in [1.165, 1.54) is 12.1 Å². The lowest BCUT2D eigenvalue weighted by atomic mass is 10.0. The molecule has 1 amide bonds. The second-order valence-electron chi connectivity index (χ2n) is 4.61. The third-order valence-corrected chi connectivity index (χ3v) is 4.19. The number of non-ortho nitro benzene ring substituents is 1. The van der Waals surface area contributed by atoms with Crippen molar-refractivity contribution in [2.45, 2.75) is 6.42 Å². The van der Waals surface area contributed by atoms with Gasteiger partial charge in [0.2, 0.25) is 6.41 Å². The van der Waals surface area contributed by atoms with E-state index in [-0.39, 0.29) is 5.69 Å². The van der Waals surface area contributed by atoms with Crippen molar-refractivity contribution >= 4 is 41.0 Å². The van der Waals surface area contributed by atoms with Gasteiger partial charge in [0.25, 0.3) is 5.69 Å². The fourth-order valence-electron chi connectivity index (χ4n) is 2.56. The Bertz CT molecular complexity index is 790. The highest BCUT2D eigenvalue weighted by atomic mass is 35.5. The minimum Gasteiger partial charge on any atom is -0.326 e. The van der Waals surface area contributed by atoms with Gasteiger partial charge in [-0.05, 0) is 34.4 Å². The molecule has 5 nitrogen and oxygen atoms in total. The van der Waals surface area contributed by atoms with Crippen LogP contribution >= 0.6 is 23.2 Å². The lowest BCUT2D eigenvalue weighted by molar-refractivity contribution is -0.384. The van der Waals surface area contributed by atoms with E-state index in [0.717, 1.165) is 22.3 Å². The summed E-state index contributed by atoms with van der Waals surface area (Å²) in [6.45, 7) is 0. The van der Waals surface area contributed by atoms with Crippen LogP contribution < -0.4 is 5.32 Å². The van der Waals surface area contributed by atoms with E-state index >= 15 is 0 Å². The van der Waals surface area contributed by atoms with Crippen LogP contribution in [0.5, 0.6) is 0 Å². The molecule has 0 radical (unpaired) electrons. The van der Waals surface area contributed by atoms with Gasteiger partial charge in [-0.2, -0.15) is 0 Å². The van der Waals surface area contributed by atoms with E-state index in [1.54, 1.807) is 12.1 Å². The van der Waals surface area contributed by atoms with Crippen LogP contribution in [0.3, 0.4) is 0 Å². The maximum Gasteiger partial charge on any atom is 0.269 e. The number of benzene rings is 2. The molecule has 2 aromatic carbocycles. The Morgan fingerprint density at radius 2 is 2.00 bits per heavy atom. The quantitative estimate of drug-likeness (QED) is 0.449. The second-order valence-corrected chi connectivity index (χ2v) is 5.40. The first-order valence-electron chi connectivity index (χ1n) is 6.01. The van der Waals surface area contributed by atoms with Crippen molar-refractivity contribution in [3.05, 3.63) is 55.6 Å². The van der Waals surface area contributed by atoms with Gasteiger partial charge in [0.15, 0.2) is 0 Å². The van der Waals surface area contributed by atoms with Crippen LogP contribution in [0.4, 0.5) is 11.4 Å². The van der Waals surface area contributed by atoms with Crippen LogP contribution in [0.25, 0.3) is 11.1 Å². The van der Waals surface area contributed by atoms with Crippen molar-refractivity contribution in [2.24, 2.45) is 0 Å². The zero-order valence-electron chi connectivity index (χ0n) is 10.5. The van der Waals surface area contributed by atoms with Crippen molar-refractivity contribution in [1.29, 1.82) is 0 Å². The van der Waals surface area contributed by atoms with Crippen molar-refractivity contribution in [3.63, 3.8) is 0 Å². The number of amides is 1. The third kappa shape index (κ3) is 2.14. The Labute approximate surface area is 129 Å². The van der Waals surface area contributed by atoms with Gasteiger partial charge in [0, 0.05) is 18.6 Å². The van der Waals surface area contributed by atoms with Gasteiger partial charge >= 0.3 is 0 Å². The Morgan fingerprint density at radius 1 is 1.24 bits per heavy atom. The SMILES string of the molecule is O=CNc1c(Cl)cc2c(c1Cl)Cc1cc([N+](=O)[O-])ccc1-2. The molecule has 7 heteroatoms. The Kier molecular flexibility index (Phi) is 3.31. The van der Waals surface area contributed by atoms with Crippen LogP contribution in [-0.2, 0) is 11.2 Å². The second kappa shape index (κ2) is 5.02. The molecular weight excluding hydrogens is 315 g/mol. The number of nitro benzene ring substituents is 1. The molecule has 0 unspecified atom stereocenters. The minimum atomic E-state index is -0.433. The van der Waals surface area contributed by atoms with Crippen LogP contribution in [0.1, 0.15) is 11.1 Å². The van der Waals surface area contributed by atoms with E-state index in [4.69, 9.17) is 23.2 Å². The summed E-state index contributed by atoms with van der Waals surface area (Å²) in [4.78, 5) is 21.0. The topological polar surface area (TPSA) is 72.2 Å². The molecular formula is C14H8Cl2N2O3. The maximum absolute atomic E-state index is 10.8. The zero-order valence-corrected chi connectivity index (χ0v) is 12.0. The average molecular weight is 323 g/mol. The van der Waals surface area contributed by atoms with E-state index in [1.807, 2.05) is 0 Å². The molecule has 0 saturated heterocycles. The highest BCUT2D eigenvalue weighted by Crippen LogP contribution is 2.46. The Morgan fingerprint density at radius 3 is 2.67 bits per heavy atom. The van der Waals surface area contributed by atoms with Gasteiger partial charge in [-0.25, -0.2) is 0 Å². The smallest absolute Gasteiger partial charge is 0.269 e. The molecule has 21 heavy (non-hydrogen) atoms. The summed E-state index contributed by atoms with van der Waals surface area (Å²) in [5.41, 5.74) is 3.73. The Hall–Kier alpha value is -2.11. The first kappa shape index (κ1) is 13.9. The van der Waals surface area contributed by atoms with Crippen LogP contribution in [0.15, 0.2) is 24.3 Å². The third-order valence-electron chi connectivity index (χ3n) is 3.48. The molecule has 0 fully saturated rings. The highest BCUT2D eigenvalue weighted by Gasteiger charge is 2.26. The normalized spacial score (nSPS) is 11.7. The molecule has 0 saturated carbocycles. The number of nitrogens with one attached hydrogen (secondary N) is 1. The predicted molar refractivity (Wildman–Crippen MR) is 81.0 cm³/mol. The van der Waals surface area contributed by atoms with E-state index in [2.05, 4.69) is 5.32 Å². The average Bonchev–Trinajstić information content (AvgIpc) is 2.81. The number of rotatable bonds is 3. The number of anilines is 1. The molecule has 0 aromatic heterocycles. The van der Waals surface area contributed by atoms with Gasteiger partial charge in [-0.1, -0.05) is 23.2 Å². The number of halogens is 2. The summed E-state index contributed by atoms with van der Waals surface area (Å²) in [6.07, 6.45) is 0.975. The van der Waals surface area contributed by atoms with Crippen molar-refractivity contribution in [1.82, 2.24) is 0 Å². The van der Waals surface area contributed by atoms with Gasteiger partial charge in [0.1, 0.15) is 0 Å². The number of nitro groups is 1. The van der Waals surface area contributed by atoms with Gasteiger partial charge in [0.05, 0.1) is 20.7 Å². The first-order valence-corrected chi connectivity index (χ1v) is 6.77. The molecule has 0 heterocycles. The fraction of sp³-hybridized carbons (Fsp3) is 0.0714. The van der Waals surface area contributed by atoms with Crippen LogP contribution in [0.2, 0.25) is 10.0 Å². The van der Waals surface area contributed by atoms with E-state index in [9.17, 15) is 14.9 Å². The highest BCUT2D eigenvalue weighted by molar-refractivity contribution is 6.40. The lowest BCUT2D eigenvalue weighted by Crippen LogP contribution is -1.98. The molecule has 1 aliphatic carbocycles. The number of carbonyl (C=O) groups is 1. The van der Waals surface area contributed by atoms with E-state index in [0.29, 0.717) is 28.6 Å². The molecule has 0 spiro atoms. The maximum atomic E-state index is 10.8. The van der Waals surface area contributed by atoms with E-state index < -0.39 is 4.92 Å². The molecule has 0 atom stereocenters. The van der Waals surface area contributed by atoms with Crippen LogP contribution in [-0.4, -0.2) is 11.3 Å². The predicted octanol–water partition coefficient (Wildman–Crippen LogP) is 4.04. The zero-order chi connectivity index (χ0) is 15.1. The molecule has 0 aliphatic heterocycles. The van der Waals surface area contributed by atoms with Gasteiger partial charge < -0.3 is 5.32 Å². The summed E-state index contributed by atoms with van der Waals surface area (Å²) < 4.78 is 0. The van der Waals surface area contributed by atoms with Crippen molar-refractivity contribution in [3.8, 4) is 11.1 Å². The number of hydrogen-bond acceptors (Lipinski definition) is 3. The molecule has 106 valence electrons. The van der Waals surface area contributed by atoms with Gasteiger partial charge in [-0.3, -0.25) is 14.9 Å². The van der Waals surface area contributed by atoms with Crippen LogP contribution in [0, 0.1) is 10.1 Å². The van der Waals surface area contributed by atoms with Crippen molar-refractivity contribution in [2.75, 3.05) is 5.32 Å². The fourth-order valence-corrected chi connectivity index (χ4v) is 3.19. The number of carbonyl (C=O) groups excluding carboxylic acids is 1. The summed E-state index contributed by atoms with van der Waals surface area (Å²) in [5, 5.41) is 14.0. The number of nitrogens with zero attached hydrogens (tertiary/aromatic N) is 1. The monoisotopic (exact) mass is 322 g/mol. The Balaban J connectivity index is 2.17. The lowest BCUT2D eigenvalue weighted by Gasteiger charge is -2.10. The first-order chi connectivity index (χ1) is 10.0. The number of hydrogen-bond donors (Lipinski definition) is 1. The van der Waals surface area contributed by atoms with Gasteiger partial charge in [-0.15, -0.1) is 0 Å². The van der Waals surface area contributed by atoms with Crippen molar-refractivity contribution < 1.29 is 9.72 Å². The molecule has 2 aromatic rings. The summed E-state index contributed by atoms with van der Waals surface area (Å²) in [6, 6.07) is 6.39. The minimum absolute atomic E-state index is 0.0371. The molecule has 0 bridgehead atoms. The molecule has 3 rings (SSSR count). The summed E-state index contributed by atoms with van der Waals surface area (Å²) >= 11 is 12.4. The summed E-state index contributed by atoms with van der Waals surface area (Å²) in [5.74, 6) is 0. The largest absolute Gasteiger partial charge is 0.326 e. The number of fused-ring (bicyclic) bond motifs is 3. The standard InChI is InChI=1S/C14H8Cl2N2O3/c15-12-5-10-9-2-1-8(18(20)21)3-7(9)4-11(10)13(16)14(12)17-6-19/h1-3,5-6H,4H2,(H,17,19). The molecule has 1 aliphatic rings.